The highest BCUT2D eigenvalue weighted by Crippen LogP contribution is 2.34. The van der Waals surface area contributed by atoms with Gasteiger partial charge in [-0.1, -0.05) is 49.1 Å². The highest BCUT2D eigenvalue weighted by atomic mass is 32.2. The molecule has 1 aliphatic carbocycles. The Kier molecular flexibility index (Phi) is 9.09. The van der Waals surface area contributed by atoms with Crippen molar-refractivity contribution in [2.75, 3.05) is 16.8 Å². The van der Waals surface area contributed by atoms with E-state index in [0.29, 0.717) is 11.4 Å². The molecule has 0 aromatic heterocycles. The van der Waals surface area contributed by atoms with Crippen molar-refractivity contribution in [3.8, 4) is 0 Å². The maximum absolute atomic E-state index is 13.2. The summed E-state index contributed by atoms with van der Waals surface area (Å²) in [6.45, 7) is 8.38. The number of nitrogens with zero attached hydrogens (tertiary/aromatic N) is 1. The van der Waals surface area contributed by atoms with Crippen LogP contribution in [0.2, 0.25) is 0 Å². The van der Waals surface area contributed by atoms with Gasteiger partial charge in [0.25, 0.3) is 0 Å². The van der Waals surface area contributed by atoms with Crippen LogP contribution in [0.5, 0.6) is 0 Å². The third kappa shape index (κ3) is 7.70. The SMILES string of the molecule is Cc1ccc(S(=O)(=O)N[C@](C)(CN(c2ccccc2NC(=O)OC(C)(C)C)C2CCCCC2)C(=O)O)cc1. The highest BCUT2D eigenvalue weighted by Gasteiger charge is 2.42. The molecule has 38 heavy (non-hydrogen) atoms. The standard InChI is InChI=1S/C28H39N3O6S/c1-20-15-17-22(18-16-20)38(35,36)30-28(5,25(32)33)19-31(21-11-7-6-8-12-21)24-14-10-9-13-23(24)29-26(34)37-27(2,3)4/h9-10,13-18,21,30H,6-8,11-12,19H2,1-5H3,(H,29,34)(H,32,33)/t28-/m1/s1. The minimum atomic E-state index is -4.13. The Morgan fingerprint density at radius 1 is 1.00 bits per heavy atom. The molecule has 1 amide bonds. The normalized spacial score (nSPS) is 16.3. The number of aliphatic carboxylic acids is 1. The van der Waals surface area contributed by atoms with Gasteiger partial charge in [0.2, 0.25) is 10.0 Å². The van der Waals surface area contributed by atoms with Crippen LogP contribution in [0.25, 0.3) is 0 Å². The van der Waals surface area contributed by atoms with Crippen LogP contribution in [0, 0.1) is 6.92 Å². The fourth-order valence-corrected chi connectivity index (χ4v) is 5.96. The fourth-order valence-electron chi connectivity index (χ4n) is 4.60. The molecule has 9 nitrogen and oxygen atoms in total. The van der Waals surface area contributed by atoms with Gasteiger partial charge in [-0.05, 0) is 71.7 Å². The molecule has 0 unspecified atom stereocenters. The smallest absolute Gasteiger partial charge is 0.412 e. The minimum absolute atomic E-state index is 0.00761. The Morgan fingerprint density at radius 3 is 2.18 bits per heavy atom. The number of para-hydroxylation sites is 2. The van der Waals surface area contributed by atoms with Gasteiger partial charge in [0.15, 0.2) is 0 Å². The number of carboxylic acid groups (broad SMARTS) is 1. The lowest BCUT2D eigenvalue weighted by molar-refractivity contribution is -0.143. The lowest BCUT2D eigenvalue weighted by Gasteiger charge is -2.41. The van der Waals surface area contributed by atoms with Crippen LogP contribution in [0.4, 0.5) is 16.2 Å². The van der Waals surface area contributed by atoms with E-state index < -0.39 is 33.2 Å². The summed E-state index contributed by atoms with van der Waals surface area (Å²) in [6, 6.07) is 13.3. The zero-order valence-electron chi connectivity index (χ0n) is 22.8. The number of carbonyl (C=O) groups is 2. The Morgan fingerprint density at radius 2 is 1.61 bits per heavy atom. The molecule has 2 aromatic rings. The van der Waals surface area contributed by atoms with E-state index in [4.69, 9.17) is 4.74 Å². The van der Waals surface area contributed by atoms with Gasteiger partial charge >= 0.3 is 12.1 Å². The predicted molar refractivity (Wildman–Crippen MR) is 148 cm³/mol. The maximum Gasteiger partial charge on any atom is 0.412 e. The number of nitrogens with one attached hydrogen (secondary N) is 2. The summed E-state index contributed by atoms with van der Waals surface area (Å²) in [5.41, 5.74) is -0.602. The third-order valence-electron chi connectivity index (χ3n) is 6.51. The molecule has 1 fully saturated rings. The average Bonchev–Trinajstić information content (AvgIpc) is 2.82. The number of ether oxygens (including phenoxy) is 1. The van der Waals surface area contributed by atoms with Crippen LogP contribution in [-0.2, 0) is 19.6 Å². The van der Waals surface area contributed by atoms with Crippen LogP contribution in [-0.4, -0.2) is 49.3 Å². The molecule has 0 aliphatic heterocycles. The number of carbonyl (C=O) groups excluding carboxylic acids is 1. The van der Waals surface area contributed by atoms with Crippen LogP contribution < -0.4 is 14.9 Å². The van der Waals surface area contributed by atoms with Crippen molar-refractivity contribution >= 4 is 33.5 Å². The first-order valence-electron chi connectivity index (χ1n) is 12.9. The van der Waals surface area contributed by atoms with Crippen molar-refractivity contribution in [3.63, 3.8) is 0 Å². The molecule has 3 rings (SSSR count). The van der Waals surface area contributed by atoms with E-state index in [0.717, 1.165) is 37.7 Å². The molecular weight excluding hydrogens is 506 g/mol. The zero-order chi connectivity index (χ0) is 28.1. The molecule has 0 bridgehead atoms. The Labute approximate surface area is 225 Å². The second-order valence-corrected chi connectivity index (χ2v) is 12.8. The second kappa shape index (κ2) is 11.7. The summed E-state index contributed by atoms with van der Waals surface area (Å²) >= 11 is 0. The Hall–Kier alpha value is -3.11. The van der Waals surface area contributed by atoms with E-state index in [1.54, 1.807) is 57.2 Å². The number of aryl methyl sites for hydroxylation is 1. The number of rotatable bonds is 9. The highest BCUT2D eigenvalue weighted by molar-refractivity contribution is 7.89. The molecule has 0 spiro atoms. The van der Waals surface area contributed by atoms with Crippen LogP contribution in [0.3, 0.4) is 0 Å². The quantitative estimate of drug-likeness (QED) is 0.390. The summed E-state index contributed by atoms with van der Waals surface area (Å²) in [5, 5.41) is 13.1. The number of carboxylic acids is 1. The van der Waals surface area contributed by atoms with Gasteiger partial charge in [-0.2, -0.15) is 4.72 Å². The van der Waals surface area contributed by atoms with Gasteiger partial charge in [0, 0.05) is 12.6 Å². The summed E-state index contributed by atoms with van der Waals surface area (Å²) in [6.07, 6.45) is 4.04. The molecule has 2 aromatic carbocycles. The van der Waals surface area contributed by atoms with Gasteiger partial charge in [-0.25, -0.2) is 13.2 Å². The van der Waals surface area contributed by atoms with Crippen molar-refractivity contribution in [3.05, 3.63) is 54.1 Å². The van der Waals surface area contributed by atoms with Crippen molar-refractivity contribution in [2.24, 2.45) is 0 Å². The van der Waals surface area contributed by atoms with Crippen LogP contribution >= 0.6 is 0 Å². The topological polar surface area (TPSA) is 125 Å². The number of hydrogen-bond acceptors (Lipinski definition) is 6. The first-order valence-corrected chi connectivity index (χ1v) is 14.4. The first kappa shape index (κ1) is 29.4. The van der Waals surface area contributed by atoms with Gasteiger partial charge < -0.3 is 14.7 Å². The van der Waals surface area contributed by atoms with Gasteiger partial charge in [-0.3, -0.25) is 10.1 Å². The molecular formula is C28H39N3O6S. The Balaban J connectivity index is 1.99. The summed E-state index contributed by atoms with van der Waals surface area (Å²) < 4.78 is 34.4. The van der Waals surface area contributed by atoms with Gasteiger partial charge in [0.05, 0.1) is 16.3 Å². The number of hydrogen-bond donors (Lipinski definition) is 3. The lowest BCUT2D eigenvalue weighted by atomic mass is 9.91. The summed E-state index contributed by atoms with van der Waals surface area (Å²) in [7, 11) is -4.13. The van der Waals surface area contributed by atoms with Crippen molar-refractivity contribution in [2.45, 2.75) is 88.8 Å². The summed E-state index contributed by atoms with van der Waals surface area (Å²) in [5.74, 6) is -1.30. The molecule has 1 saturated carbocycles. The average molecular weight is 546 g/mol. The Bertz CT molecular complexity index is 1230. The number of amides is 1. The van der Waals surface area contributed by atoms with E-state index in [-0.39, 0.29) is 17.5 Å². The molecule has 0 saturated heterocycles. The predicted octanol–water partition coefficient (Wildman–Crippen LogP) is 5.30. The fraction of sp³-hybridized carbons (Fsp3) is 0.500. The largest absolute Gasteiger partial charge is 0.480 e. The monoisotopic (exact) mass is 545 g/mol. The van der Waals surface area contributed by atoms with E-state index in [2.05, 4.69) is 10.0 Å². The van der Waals surface area contributed by atoms with Crippen molar-refractivity contribution < 1.29 is 27.9 Å². The molecule has 1 aliphatic rings. The van der Waals surface area contributed by atoms with Crippen molar-refractivity contribution in [1.82, 2.24) is 4.72 Å². The zero-order valence-corrected chi connectivity index (χ0v) is 23.6. The van der Waals surface area contributed by atoms with E-state index in [1.807, 2.05) is 11.8 Å². The number of anilines is 2. The number of sulfonamides is 1. The van der Waals surface area contributed by atoms with E-state index >= 15 is 0 Å². The van der Waals surface area contributed by atoms with E-state index in [9.17, 15) is 23.1 Å². The van der Waals surface area contributed by atoms with Crippen molar-refractivity contribution in [1.29, 1.82) is 0 Å². The maximum atomic E-state index is 13.2. The molecule has 0 heterocycles. The summed E-state index contributed by atoms with van der Waals surface area (Å²) in [4.78, 5) is 27.1. The van der Waals surface area contributed by atoms with Crippen LogP contribution in [0.1, 0.15) is 65.4 Å². The molecule has 0 radical (unpaired) electrons. The first-order chi connectivity index (χ1) is 17.7. The minimum Gasteiger partial charge on any atom is -0.480 e. The number of benzene rings is 2. The lowest BCUT2D eigenvalue weighted by Crippen LogP contribution is -2.60. The second-order valence-electron chi connectivity index (χ2n) is 11.1. The molecule has 3 N–H and O–H groups in total. The van der Waals surface area contributed by atoms with E-state index in [1.165, 1.54) is 19.1 Å². The molecule has 208 valence electrons. The third-order valence-corrected chi connectivity index (χ3v) is 8.13. The van der Waals surface area contributed by atoms with Gasteiger partial charge in [-0.15, -0.1) is 0 Å². The molecule has 10 heteroatoms. The van der Waals surface area contributed by atoms with Gasteiger partial charge in [0.1, 0.15) is 11.1 Å². The molecule has 1 atom stereocenters. The van der Waals surface area contributed by atoms with Crippen LogP contribution in [0.15, 0.2) is 53.4 Å².